The van der Waals surface area contributed by atoms with E-state index in [0.29, 0.717) is 12.2 Å². The van der Waals surface area contributed by atoms with Gasteiger partial charge >= 0.3 is 0 Å². The Labute approximate surface area is 145 Å². The van der Waals surface area contributed by atoms with Crippen molar-refractivity contribution in [3.05, 3.63) is 47.9 Å². The molecule has 2 aromatic rings. The maximum atomic E-state index is 12.4. The van der Waals surface area contributed by atoms with Gasteiger partial charge in [0.25, 0.3) is 5.91 Å². The molecule has 2 amide bonds. The predicted octanol–water partition coefficient (Wildman–Crippen LogP) is 0.761. The van der Waals surface area contributed by atoms with Crippen LogP contribution in [0, 0.1) is 0 Å². The Morgan fingerprint density at radius 1 is 1.24 bits per heavy atom. The molecule has 0 radical (unpaired) electrons. The van der Waals surface area contributed by atoms with Crippen LogP contribution >= 0.6 is 0 Å². The van der Waals surface area contributed by atoms with E-state index in [1.807, 2.05) is 23.1 Å². The number of nitrogens with two attached hydrogens (primary N) is 2. The molecule has 1 atom stereocenters. The first-order valence-electron chi connectivity index (χ1n) is 8.05. The van der Waals surface area contributed by atoms with Crippen LogP contribution in [-0.2, 0) is 11.3 Å². The molecule has 3 rings (SSSR count). The van der Waals surface area contributed by atoms with E-state index in [-0.39, 0.29) is 23.5 Å². The Balaban J connectivity index is 1.78. The van der Waals surface area contributed by atoms with Gasteiger partial charge in [0.15, 0.2) is 11.5 Å². The first kappa shape index (κ1) is 16.8. The number of hydrogen-bond acceptors (Lipinski definition) is 6. The van der Waals surface area contributed by atoms with Crippen LogP contribution in [0.5, 0.6) is 0 Å². The lowest BCUT2D eigenvalue weighted by atomic mass is 10.1. The van der Waals surface area contributed by atoms with E-state index in [0.717, 1.165) is 24.9 Å². The van der Waals surface area contributed by atoms with Gasteiger partial charge in [-0.3, -0.25) is 14.5 Å². The molecule has 2 heterocycles. The summed E-state index contributed by atoms with van der Waals surface area (Å²) in [6.07, 6.45) is 4.54. The molecule has 0 spiro atoms. The number of carbonyl (C=O) groups is 2. The number of aromatic nitrogens is 2. The third-order valence-corrected chi connectivity index (χ3v) is 4.27. The second-order valence-electron chi connectivity index (χ2n) is 5.93. The molecule has 8 heteroatoms. The van der Waals surface area contributed by atoms with Crippen LogP contribution in [0.15, 0.2) is 36.7 Å². The van der Waals surface area contributed by atoms with Crippen molar-refractivity contribution in [1.29, 1.82) is 0 Å². The fourth-order valence-electron chi connectivity index (χ4n) is 3.04. The summed E-state index contributed by atoms with van der Waals surface area (Å²) in [5.41, 5.74) is 12.8. The van der Waals surface area contributed by atoms with Crippen molar-refractivity contribution in [1.82, 2.24) is 14.9 Å². The average Bonchev–Trinajstić information content (AvgIpc) is 3.05. The number of nitrogens with one attached hydrogen (secondary N) is 1. The maximum absolute atomic E-state index is 12.4. The molecule has 1 fully saturated rings. The Hall–Kier alpha value is -3.00. The third-order valence-electron chi connectivity index (χ3n) is 4.27. The van der Waals surface area contributed by atoms with E-state index in [4.69, 9.17) is 11.5 Å². The highest BCUT2D eigenvalue weighted by atomic mass is 16.2. The van der Waals surface area contributed by atoms with Gasteiger partial charge in [0.05, 0.1) is 6.04 Å². The summed E-state index contributed by atoms with van der Waals surface area (Å²) < 4.78 is 0. The van der Waals surface area contributed by atoms with Gasteiger partial charge in [-0.2, -0.15) is 0 Å². The van der Waals surface area contributed by atoms with Gasteiger partial charge in [0.1, 0.15) is 0 Å². The van der Waals surface area contributed by atoms with E-state index in [9.17, 15) is 9.59 Å². The molecule has 0 saturated carbocycles. The summed E-state index contributed by atoms with van der Waals surface area (Å²) in [4.78, 5) is 33.9. The van der Waals surface area contributed by atoms with Gasteiger partial charge in [-0.25, -0.2) is 9.97 Å². The Bertz CT molecular complexity index is 794. The highest BCUT2D eigenvalue weighted by Crippen LogP contribution is 2.24. The van der Waals surface area contributed by atoms with Crippen molar-refractivity contribution in [3.8, 4) is 0 Å². The van der Waals surface area contributed by atoms with Crippen LogP contribution in [0.1, 0.15) is 28.9 Å². The maximum Gasteiger partial charge on any atom is 0.278 e. The molecular formula is C17H20N6O2. The van der Waals surface area contributed by atoms with Crippen molar-refractivity contribution in [3.63, 3.8) is 0 Å². The van der Waals surface area contributed by atoms with Gasteiger partial charge in [0, 0.05) is 24.6 Å². The van der Waals surface area contributed by atoms with Crippen LogP contribution in [0.25, 0.3) is 0 Å². The van der Waals surface area contributed by atoms with Crippen LogP contribution in [0.3, 0.4) is 0 Å². The molecule has 8 nitrogen and oxygen atoms in total. The Morgan fingerprint density at radius 3 is 2.76 bits per heavy atom. The van der Waals surface area contributed by atoms with Crippen LogP contribution in [0.2, 0.25) is 0 Å². The minimum absolute atomic E-state index is 0.0748. The van der Waals surface area contributed by atoms with Crippen LogP contribution < -0.4 is 16.8 Å². The van der Waals surface area contributed by atoms with Gasteiger partial charge in [-0.05, 0) is 31.0 Å². The van der Waals surface area contributed by atoms with E-state index < -0.39 is 5.91 Å². The van der Waals surface area contributed by atoms with Gasteiger partial charge in [-0.1, -0.05) is 18.2 Å². The number of primary amides is 1. The number of nitrogens with zero attached hydrogens (tertiary/aromatic N) is 3. The molecule has 1 aromatic carbocycles. The summed E-state index contributed by atoms with van der Waals surface area (Å²) in [7, 11) is 0. The molecular weight excluding hydrogens is 320 g/mol. The fraction of sp³-hybridized carbons (Fsp3) is 0.294. The van der Waals surface area contributed by atoms with Crippen LogP contribution in [-0.4, -0.2) is 39.3 Å². The Morgan fingerprint density at radius 2 is 2.00 bits per heavy atom. The van der Waals surface area contributed by atoms with E-state index in [1.165, 1.54) is 12.4 Å². The largest absolute Gasteiger partial charge is 0.382 e. The molecule has 1 unspecified atom stereocenters. The summed E-state index contributed by atoms with van der Waals surface area (Å²) >= 11 is 0. The first-order valence-corrected chi connectivity index (χ1v) is 8.05. The second-order valence-corrected chi connectivity index (χ2v) is 5.93. The number of benzene rings is 1. The highest BCUT2D eigenvalue weighted by Gasteiger charge is 2.29. The molecule has 1 aromatic heterocycles. The van der Waals surface area contributed by atoms with Crippen molar-refractivity contribution in [2.24, 2.45) is 5.73 Å². The van der Waals surface area contributed by atoms with Gasteiger partial charge in [-0.15, -0.1) is 0 Å². The Kier molecular flexibility index (Phi) is 4.90. The number of rotatable bonds is 5. The highest BCUT2D eigenvalue weighted by molar-refractivity contribution is 6.05. The molecule has 1 aliphatic heterocycles. The number of anilines is 2. The lowest BCUT2D eigenvalue weighted by Crippen LogP contribution is -2.39. The monoisotopic (exact) mass is 340 g/mol. The first-order chi connectivity index (χ1) is 12.1. The molecule has 1 aliphatic rings. The van der Waals surface area contributed by atoms with Crippen molar-refractivity contribution >= 4 is 23.3 Å². The smallest absolute Gasteiger partial charge is 0.278 e. The summed E-state index contributed by atoms with van der Waals surface area (Å²) in [5, 5.41) is 2.82. The standard InChI is InChI=1S/C17H20N6O2/c18-15-14(20-7-8-21-15)17(25)22-12-5-2-1-4-11(12)10-23-9-3-6-13(23)16(19)24/h1-2,4-5,7-8,13H,3,6,9-10H2,(H2,18,21)(H2,19,24)(H,22,25). The zero-order chi connectivity index (χ0) is 17.8. The van der Waals surface area contributed by atoms with Crippen molar-refractivity contribution < 1.29 is 9.59 Å². The molecule has 0 aliphatic carbocycles. The number of nitrogen functional groups attached to an aromatic ring is 1. The number of carbonyl (C=O) groups excluding carboxylic acids is 2. The van der Waals surface area contributed by atoms with Gasteiger partial charge < -0.3 is 16.8 Å². The molecule has 0 bridgehead atoms. The number of para-hydroxylation sites is 1. The lowest BCUT2D eigenvalue weighted by molar-refractivity contribution is -0.122. The third kappa shape index (κ3) is 3.74. The SMILES string of the molecule is NC(=O)C1CCCN1Cc1ccccc1NC(=O)c1nccnc1N. The number of amides is 2. The fourth-order valence-corrected chi connectivity index (χ4v) is 3.04. The average molecular weight is 340 g/mol. The zero-order valence-electron chi connectivity index (χ0n) is 13.7. The van der Waals surface area contributed by atoms with Crippen molar-refractivity contribution in [2.45, 2.75) is 25.4 Å². The predicted molar refractivity (Wildman–Crippen MR) is 93.5 cm³/mol. The normalized spacial score (nSPS) is 17.4. The summed E-state index contributed by atoms with van der Waals surface area (Å²) in [6, 6.07) is 7.16. The van der Waals surface area contributed by atoms with E-state index in [2.05, 4.69) is 15.3 Å². The minimum atomic E-state index is -0.425. The molecule has 25 heavy (non-hydrogen) atoms. The van der Waals surface area contributed by atoms with Crippen LogP contribution in [0.4, 0.5) is 11.5 Å². The quantitative estimate of drug-likeness (QED) is 0.737. The molecule has 5 N–H and O–H groups in total. The zero-order valence-corrected chi connectivity index (χ0v) is 13.7. The summed E-state index contributed by atoms with van der Waals surface area (Å²) in [6.45, 7) is 1.33. The van der Waals surface area contributed by atoms with Gasteiger partial charge in [0.2, 0.25) is 5.91 Å². The summed E-state index contributed by atoms with van der Waals surface area (Å²) in [5.74, 6) is -0.664. The molecule has 130 valence electrons. The number of hydrogen-bond donors (Lipinski definition) is 3. The second kappa shape index (κ2) is 7.27. The minimum Gasteiger partial charge on any atom is -0.382 e. The number of likely N-dealkylation sites (tertiary alicyclic amines) is 1. The van der Waals surface area contributed by atoms with E-state index >= 15 is 0 Å². The molecule has 1 saturated heterocycles. The topological polar surface area (TPSA) is 127 Å². The lowest BCUT2D eigenvalue weighted by Gasteiger charge is -2.23. The van der Waals surface area contributed by atoms with E-state index in [1.54, 1.807) is 6.07 Å². The van der Waals surface area contributed by atoms with Crippen molar-refractivity contribution in [2.75, 3.05) is 17.6 Å².